The van der Waals surface area contributed by atoms with E-state index in [1.807, 2.05) is 0 Å². The largest absolute Gasteiger partial charge is 0.504 e. The van der Waals surface area contributed by atoms with Crippen molar-refractivity contribution in [2.45, 2.75) is 62.1 Å². The summed E-state index contributed by atoms with van der Waals surface area (Å²) in [5.74, 6) is -5.26. The number of aliphatic hydroxyl groups is 3. The highest BCUT2D eigenvalue weighted by Crippen LogP contribution is 2.34. The van der Waals surface area contributed by atoms with Crippen LogP contribution in [0.1, 0.15) is 38.2 Å². The molecule has 36 heavy (non-hydrogen) atoms. The van der Waals surface area contributed by atoms with E-state index in [0.717, 1.165) is 13.0 Å². The lowest BCUT2D eigenvalue weighted by Crippen LogP contribution is -2.58. The van der Waals surface area contributed by atoms with Crippen LogP contribution in [0.3, 0.4) is 0 Å². The van der Waals surface area contributed by atoms with Crippen LogP contribution in [-0.2, 0) is 28.7 Å². The molecule has 1 saturated carbocycles. The Balaban J connectivity index is 2.13. The zero-order valence-corrected chi connectivity index (χ0v) is 19.5. The second-order valence-electron chi connectivity index (χ2n) is 8.75. The number of methoxy groups -OCH3 is 1. The Kier molecular flexibility index (Phi) is 9.02. The van der Waals surface area contributed by atoms with Crippen LogP contribution in [0.15, 0.2) is 24.3 Å². The van der Waals surface area contributed by atoms with E-state index in [1.165, 1.54) is 31.4 Å². The van der Waals surface area contributed by atoms with E-state index in [1.54, 1.807) is 0 Å². The minimum Gasteiger partial charge on any atom is -0.504 e. The van der Waals surface area contributed by atoms with E-state index in [0.29, 0.717) is 5.56 Å². The van der Waals surface area contributed by atoms with E-state index >= 15 is 0 Å². The average Bonchev–Trinajstić information content (AvgIpc) is 2.74. The molecule has 0 spiro atoms. The summed E-state index contributed by atoms with van der Waals surface area (Å²) < 4.78 is 15.1. The molecule has 0 radical (unpaired) electrons. The molecule has 1 aromatic carbocycles. The van der Waals surface area contributed by atoms with Gasteiger partial charge in [-0.25, -0.2) is 9.59 Å². The number of rotatable bonds is 10. The van der Waals surface area contributed by atoms with Gasteiger partial charge < -0.3 is 44.8 Å². The maximum absolute atomic E-state index is 12.3. The number of benzene rings is 1. The first-order valence-electron chi connectivity index (χ1n) is 10.7. The maximum atomic E-state index is 12.3. The summed E-state index contributed by atoms with van der Waals surface area (Å²) in [7, 11) is 1.36. The summed E-state index contributed by atoms with van der Waals surface area (Å²) >= 11 is 0. The second kappa shape index (κ2) is 11.4. The lowest BCUT2D eigenvalue weighted by molar-refractivity contribution is -0.206. The third-order valence-electron chi connectivity index (χ3n) is 5.46. The number of carboxylic acids is 2. The van der Waals surface area contributed by atoms with E-state index in [-0.39, 0.29) is 11.5 Å². The topological polar surface area (TPSA) is 217 Å². The average molecular weight is 512 g/mol. The molecule has 0 saturated heterocycles. The highest BCUT2D eigenvalue weighted by Gasteiger charge is 2.52. The van der Waals surface area contributed by atoms with Gasteiger partial charge in [-0.05, 0) is 30.7 Å². The van der Waals surface area contributed by atoms with Gasteiger partial charge >= 0.3 is 23.9 Å². The van der Waals surface area contributed by atoms with Gasteiger partial charge in [0.2, 0.25) is 0 Å². The van der Waals surface area contributed by atoms with Crippen LogP contribution in [-0.4, -0.2) is 91.1 Å². The molecule has 13 heteroatoms. The number of hydrogen-bond acceptors (Lipinski definition) is 11. The number of carbonyl (C=O) groups excluding carboxylic acids is 2. The molecule has 0 aliphatic heterocycles. The number of aromatic hydroxyl groups is 1. The third kappa shape index (κ3) is 7.66. The van der Waals surface area contributed by atoms with Gasteiger partial charge in [-0.3, -0.25) is 9.59 Å². The number of phenolic OH excluding ortho intramolecular Hbond substituents is 1. The Morgan fingerprint density at radius 1 is 1.11 bits per heavy atom. The normalized spacial score (nSPS) is 25.5. The monoisotopic (exact) mass is 512 g/mol. The number of aliphatic hydroxyl groups excluding tert-OH is 1. The number of esters is 2. The molecule has 0 aromatic heterocycles. The van der Waals surface area contributed by atoms with Crippen LogP contribution >= 0.6 is 0 Å². The molecule has 5 atom stereocenters. The molecule has 1 aromatic rings. The molecule has 6 N–H and O–H groups in total. The zero-order chi connectivity index (χ0) is 27.3. The van der Waals surface area contributed by atoms with Crippen molar-refractivity contribution in [2.75, 3.05) is 7.11 Å². The Bertz CT molecular complexity index is 1030. The smallest absolute Gasteiger partial charge is 0.335 e. The first kappa shape index (κ1) is 28.6. The van der Waals surface area contributed by atoms with Crippen molar-refractivity contribution < 1.29 is 64.0 Å². The summed E-state index contributed by atoms with van der Waals surface area (Å²) in [6.07, 6.45) is -5.81. The fourth-order valence-corrected chi connectivity index (χ4v) is 3.70. The molecule has 0 heterocycles. The minimum atomic E-state index is -2.52. The van der Waals surface area contributed by atoms with E-state index in [4.69, 9.17) is 19.3 Å². The zero-order valence-electron chi connectivity index (χ0n) is 19.5. The van der Waals surface area contributed by atoms with Crippen LogP contribution in [0.4, 0.5) is 0 Å². The lowest BCUT2D eigenvalue weighted by atomic mass is 9.79. The molecule has 1 fully saturated rings. The van der Waals surface area contributed by atoms with Crippen molar-refractivity contribution in [1.29, 1.82) is 0 Å². The highest BCUT2D eigenvalue weighted by atomic mass is 16.6. The van der Waals surface area contributed by atoms with Crippen LogP contribution in [0.2, 0.25) is 0 Å². The van der Waals surface area contributed by atoms with E-state index in [9.17, 15) is 44.7 Å². The second-order valence-corrected chi connectivity index (χ2v) is 8.75. The Morgan fingerprint density at radius 2 is 1.72 bits per heavy atom. The molecule has 13 nitrogen and oxygen atoms in total. The van der Waals surface area contributed by atoms with Crippen molar-refractivity contribution in [1.82, 2.24) is 0 Å². The first-order chi connectivity index (χ1) is 16.7. The summed E-state index contributed by atoms with van der Waals surface area (Å²) in [5, 5.41) is 59.1. The van der Waals surface area contributed by atoms with Gasteiger partial charge in [-0.2, -0.15) is 0 Å². The molecule has 1 aliphatic rings. The number of carboxylic acid groups (broad SMARTS) is 2. The van der Waals surface area contributed by atoms with Crippen LogP contribution < -0.4 is 4.74 Å². The standard InChI is InChI=1S/C23H28O13/c1-22(32,10-17(25)26)11-19(28)36-16-9-23(33,21(30)31)8-15(20(16)29)35-18(27)6-4-12-3-5-14(34-2)13(24)7-12/h3-7,15-16,20,24,29,32-33H,8-11H2,1-2H3,(H,25,26)(H,30,31)/b6-4+/t15-,16-,20-,22?,23+/m1/s1. The fourth-order valence-electron chi connectivity index (χ4n) is 3.70. The van der Waals surface area contributed by atoms with Gasteiger partial charge in [0.1, 0.15) is 18.3 Å². The van der Waals surface area contributed by atoms with Crippen molar-refractivity contribution in [3.63, 3.8) is 0 Å². The van der Waals surface area contributed by atoms with Gasteiger partial charge in [0.05, 0.1) is 25.6 Å². The SMILES string of the molecule is COc1ccc(/C=C/C(=O)O[C@@H]2C[C@@](O)(C(=O)O)C[C@@H](OC(=O)CC(C)(O)CC(=O)O)[C@@H]2O)cc1O. The van der Waals surface area contributed by atoms with Gasteiger partial charge in [0.25, 0.3) is 0 Å². The number of phenols is 1. The molecule has 1 unspecified atom stereocenters. The van der Waals surface area contributed by atoms with Crippen molar-refractivity contribution >= 4 is 30.0 Å². The van der Waals surface area contributed by atoms with Gasteiger partial charge in [0, 0.05) is 18.9 Å². The first-order valence-corrected chi connectivity index (χ1v) is 10.7. The molecular weight excluding hydrogens is 484 g/mol. The lowest BCUT2D eigenvalue weighted by Gasteiger charge is -2.40. The molecule has 2 rings (SSSR count). The highest BCUT2D eigenvalue weighted by molar-refractivity contribution is 5.87. The Hall–Kier alpha value is -3.68. The molecule has 198 valence electrons. The van der Waals surface area contributed by atoms with Crippen molar-refractivity contribution in [2.24, 2.45) is 0 Å². The summed E-state index contributed by atoms with van der Waals surface area (Å²) in [6.45, 7) is 1.08. The number of hydrogen-bond donors (Lipinski definition) is 6. The Morgan fingerprint density at radius 3 is 2.25 bits per heavy atom. The van der Waals surface area contributed by atoms with Gasteiger partial charge in [0.15, 0.2) is 17.1 Å². The van der Waals surface area contributed by atoms with Crippen LogP contribution in [0.25, 0.3) is 6.08 Å². The molecular formula is C23H28O13. The predicted molar refractivity (Wildman–Crippen MR) is 119 cm³/mol. The molecule has 1 aliphatic carbocycles. The summed E-state index contributed by atoms with van der Waals surface area (Å²) in [4.78, 5) is 47.0. The van der Waals surface area contributed by atoms with E-state index in [2.05, 4.69) is 0 Å². The predicted octanol–water partition coefficient (Wildman–Crippen LogP) is -0.176. The van der Waals surface area contributed by atoms with Crippen LogP contribution in [0, 0.1) is 0 Å². The number of carbonyl (C=O) groups is 4. The maximum Gasteiger partial charge on any atom is 0.335 e. The van der Waals surface area contributed by atoms with Gasteiger partial charge in [-0.1, -0.05) is 6.07 Å². The third-order valence-corrected chi connectivity index (χ3v) is 5.46. The summed E-state index contributed by atoms with van der Waals surface area (Å²) in [6, 6.07) is 4.27. The number of aliphatic carboxylic acids is 2. The molecule has 0 bridgehead atoms. The van der Waals surface area contributed by atoms with Crippen LogP contribution in [0.5, 0.6) is 11.5 Å². The minimum absolute atomic E-state index is 0.186. The summed E-state index contributed by atoms with van der Waals surface area (Å²) in [5.41, 5.74) is -4.13. The molecule has 0 amide bonds. The fraction of sp³-hybridized carbons (Fsp3) is 0.478. The van der Waals surface area contributed by atoms with Crippen molar-refractivity contribution in [3.8, 4) is 11.5 Å². The Labute approximate surface area is 205 Å². The number of ether oxygens (including phenoxy) is 3. The van der Waals surface area contributed by atoms with E-state index < -0.39 is 79.1 Å². The van der Waals surface area contributed by atoms with Crippen molar-refractivity contribution in [3.05, 3.63) is 29.8 Å². The quantitative estimate of drug-likeness (QED) is 0.177. The van der Waals surface area contributed by atoms with Gasteiger partial charge in [-0.15, -0.1) is 0 Å².